The van der Waals surface area contributed by atoms with Gasteiger partial charge in [-0.15, -0.1) is 0 Å². The molecule has 0 unspecified atom stereocenters. The monoisotopic (exact) mass is 537 g/mol. The molecule has 0 aliphatic carbocycles. The summed E-state index contributed by atoms with van der Waals surface area (Å²) in [5.74, 6) is 0.386. The first-order chi connectivity index (χ1) is 17.9. The fourth-order valence-corrected chi connectivity index (χ4v) is 5.47. The molecule has 0 spiro atoms. The van der Waals surface area contributed by atoms with Crippen molar-refractivity contribution in [2.45, 2.75) is 42.7 Å². The number of carbonyl (C=O) groups is 1. The standard InChI is InChI=1S/C26H27N5O6S/c1-26(2,3)37-25(33)30-11-12-36-23-8-6-20(14-22(23)30)38(34,35)19-5-7-21-17(13-19)15-27-31(24(21)32)16-18-9-10-29(4)28-18/h5-10,13-15H,11-12,16H2,1-4H3. The van der Waals surface area contributed by atoms with Crippen LogP contribution in [0.5, 0.6) is 5.75 Å². The maximum absolute atomic E-state index is 13.6. The lowest BCUT2D eigenvalue weighted by atomic mass is 10.2. The summed E-state index contributed by atoms with van der Waals surface area (Å²) in [6, 6.07) is 10.5. The SMILES string of the molecule is Cn1ccc(Cn2ncc3cc(S(=O)(=O)c4ccc5c(c4)N(C(=O)OC(C)(C)C)CCO5)ccc3c2=O)n1. The van der Waals surface area contributed by atoms with Gasteiger partial charge in [0.15, 0.2) is 0 Å². The first-order valence-electron chi connectivity index (χ1n) is 11.9. The Morgan fingerprint density at radius 2 is 1.84 bits per heavy atom. The van der Waals surface area contributed by atoms with Crippen molar-refractivity contribution >= 4 is 32.4 Å². The van der Waals surface area contributed by atoms with Crippen molar-refractivity contribution in [3.05, 3.63) is 70.9 Å². The van der Waals surface area contributed by atoms with Gasteiger partial charge in [-0.1, -0.05) is 0 Å². The van der Waals surface area contributed by atoms with Crippen LogP contribution in [0.2, 0.25) is 0 Å². The second-order valence-electron chi connectivity index (χ2n) is 9.95. The number of anilines is 1. The summed E-state index contributed by atoms with van der Waals surface area (Å²) in [5.41, 5.74) is -0.0749. The second-order valence-corrected chi connectivity index (χ2v) is 11.9. The van der Waals surface area contributed by atoms with Crippen LogP contribution in [0.15, 0.2) is 69.4 Å². The zero-order chi connectivity index (χ0) is 27.2. The number of benzene rings is 2. The van der Waals surface area contributed by atoms with Gasteiger partial charge in [-0.3, -0.25) is 14.4 Å². The highest BCUT2D eigenvalue weighted by atomic mass is 32.2. The zero-order valence-electron chi connectivity index (χ0n) is 21.4. The number of amides is 1. The van der Waals surface area contributed by atoms with E-state index < -0.39 is 21.5 Å². The van der Waals surface area contributed by atoms with E-state index >= 15 is 0 Å². The topological polar surface area (TPSA) is 126 Å². The molecule has 5 rings (SSSR count). The number of nitrogens with zero attached hydrogens (tertiary/aromatic N) is 5. The first-order valence-corrected chi connectivity index (χ1v) is 13.4. The highest BCUT2D eigenvalue weighted by Crippen LogP contribution is 2.36. The van der Waals surface area contributed by atoms with Crippen molar-refractivity contribution in [1.29, 1.82) is 0 Å². The molecule has 0 saturated carbocycles. The van der Waals surface area contributed by atoms with Gasteiger partial charge >= 0.3 is 6.09 Å². The van der Waals surface area contributed by atoms with E-state index in [1.54, 1.807) is 44.8 Å². The molecule has 0 saturated heterocycles. The summed E-state index contributed by atoms with van der Waals surface area (Å²) in [5, 5.41) is 9.21. The molecular formula is C26H27N5O6S. The number of carbonyl (C=O) groups excluding carboxylic acids is 1. The number of rotatable bonds is 4. The van der Waals surface area contributed by atoms with Gasteiger partial charge in [0, 0.05) is 18.6 Å². The van der Waals surface area contributed by atoms with Crippen molar-refractivity contribution in [2.24, 2.45) is 7.05 Å². The highest BCUT2D eigenvalue weighted by Gasteiger charge is 2.30. The average molecular weight is 538 g/mol. The molecule has 2 aromatic heterocycles. The largest absolute Gasteiger partial charge is 0.490 e. The Morgan fingerprint density at radius 3 is 2.55 bits per heavy atom. The lowest BCUT2D eigenvalue weighted by molar-refractivity contribution is 0.0567. The van der Waals surface area contributed by atoms with Gasteiger partial charge in [0.05, 0.1) is 45.8 Å². The van der Waals surface area contributed by atoms with Crippen molar-refractivity contribution in [1.82, 2.24) is 19.6 Å². The molecule has 0 fully saturated rings. The summed E-state index contributed by atoms with van der Waals surface area (Å²) in [4.78, 5) is 27.1. The Balaban J connectivity index is 1.49. The molecule has 3 heterocycles. The van der Waals surface area contributed by atoms with Gasteiger partial charge in [0.2, 0.25) is 9.84 Å². The van der Waals surface area contributed by atoms with Crippen LogP contribution in [0.25, 0.3) is 10.8 Å². The Kier molecular flexibility index (Phi) is 6.22. The summed E-state index contributed by atoms with van der Waals surface area (Å²) in [6.07, 6.45) is 2.65. The van der Waals surface area contributed by atoms with E-state index in [0.29, 0.717) is 27.9 Å². The third kappa shape index (κ3) is 4.86. The Morgan fingerprint density at radius 1 is 1.11 bits per heavy atom. The van der Waals surface area contributed by atoms with Crippen LogP contribution in [0.4, 0.5) is 10.5 Å². The maximum Gasteiger partial charge on any atom is 0.415 e. The van der Waals surface area contributed by atoms with Crippen LogP contribution in [-0.4, -0.2) is 52.8 Å². The van der Waals surface area contributed by atoms with Gasteiger partial charge in [-0.05, 0) is 63.2 Å². The molecule has 1 aliphatic rings. The number of aryl methyl sites for hydroxylation is 1. The second kappa shape index (κ2) is 9.28. The third-order valence-corrected chi connectivity index (χ3v) is 7.68. The van der Waals surface area contributed by atoms with E-state index in [2.05, 4.69) is 10.2 Å². The van der Waals surface area contributed by atoms with E-state index in [4.69, 9.17) is 9.47 Å². The molecule has 38 heavy (non-hydrogen) atoms. The van der Waals surface area contributed by atoms with E-state index in [1.807, 2.05) is 0 Å². The van der Waals surface area contributed by atoms with Gasteiger partial charge in [-0.25, -0.2) is 17.9 Å². The molecular weight excluding hydrogens is 510 g/mol. The predicted octanol–water partition coefficient (Wildman–Crippen LogP) is 3.15. The predicted molar refractivity (Wildman–Crippen MR) is 139 cm³/mol. The fourth-order valence-electron chi connectivity index (χ4n) is 4.15. The minimum absolute atomic E-state index is 0.00540. The van der Waals surface area contributed by atoms with Crippen molar-refractivity contribution in [2.75, 3.05) is 18.1 Å². The van der Waals surface area contributed by atoms with Crippen LogP contribution in [0.1, 0.15) is 26.5 Å². The number of aromatic nitrogens is 4. The Labute approximate surface area is 219 Å². The zero-order valence-corrected chi connectivity index (χ0v) is 22.2. The Hall–Kier alpha value is -4.19. The van der Waals surface area contributed by atoms with E-state index in [1.165, 1.54) is 52.2 Å². The van der Waals surface area contributed by atoms with Crippen LogP contribution in [0.3, 0.4) is 0 Å². The van der Waals surface area contributed by atoms with Crippen LogP contribution < -0.4 is 15.2 Å². The Bertz CT molecular complexity index is 1720. The molecule has 0 atom stereocenters. The number of sulfone groups is 1. The quantitative estimate of drug-likeness (QED) is 0.389. The van der Waals surface area contributed by atoms with E-state index in [9.17, 15) is 18.0 Å². The third-order valence-electron chi connectivity index (χ3n) is 5.93. The minimum Gasteiger partial charge on any atom is -0.490 e. The van der Waals surface area contributed by atoms with Crippen LogP contribution in [0, 0.1) is 0 Å². The summed E-state index contributed by atoms with van der Waals surface area (Å²) in [7, 11) is -2.22. The van der Waals surface area contributed by atoms with Crippen molar-refractivity contribution in [3.8, 4) is 5.75 Å². The molecule has 0 bridgehead atoms. The molecule has 0 N–H and O–H groups in total. The lowest BCUT2D eigenvalue weighted by Gasteiger charge is -2.31. The van der Waals surface area contributed by atoms with Crippen LogP contribution in [-0.2, 0) is 28.2 Å². The molecule has 2 aromatic carbocycles. The van der Waals surface area contributed by atoms with E-state index in [-0.39, 0.29) is 35.0 Å². The van der Waals surface area contributed by atoms with Crippen LogP contribution >= 0.6 is 0 Å². The van der Waals surface area contributed by atoms with Gasteiger partial charge < -0.3 is 9.47 Å². The summed E-state index contributed by atoms with van der Waals surface area (Å²) in [6.45, 7) is 5.95. The molecule has 0 radical (unpaired) electrons. The smallest absolute Gasteiger partial charge is 0.415 e. The van der Waals surface area contributed by atoms with Gasteiger partial charge in [-0.2, -0.15) is 10.2 Å². The first kappa shape index (κ1) is 25.5. The molecule has 198 valence electrons. The lowest BCUT2D eigenvalue weighted by Crippen LogP contribution is -2.41. The number of fused-ring (bicyclic) bond motifs is 2. The summed E-state index contributed by atoms with van der Waals surface area (Å²) >= 11 is 0. The summed E-state index contributed by atoms with van der Waals surface area (Å²) < 4.78 is 41.2. The maximum atomic E-state index is 13.6. The molecule has 4 aromatic rings. The molecule has 12 heteroatoms. The average Bonchev–Trinajstić information content (AvgIpc) is 3.28. The molecule has 1 amide bonds. The van der Waals surface area contributed by atoms with Crippen molar-refractivity contribution < 1.29 is 22.7 Å². The van der Waals surface area contributed by atoms with E-state index in [0.717, 1.165) is 0 Å². The van der Waals surface area contributed by atoms with Gasteiger partial charge in [0.1, 0.15) is 18.0 Å². The number of hydrogen-bond acceptors (Lipinski definition) is 8. The molecule has 11 nitrogen and oxygen atoms in total. The normalized spacial score (nSPS) is 13.7. The van der Waals surface area contributed by atoms with Crippen molar-refractivity contribution in [3.63, 3.8) is 0 Å². The van der Waals surface area contributed by atoms with Gasteiger partial charge in [0.25, 0.3) is 5.56 Å². The molecule has 1 aliphatic heterocycles. The fraction of sp³-hybridized carbons (Fsp3) is 0.308. The minimum atomic E-state index is -4.00. The highest BCUT2D eigenvalue weighted by molar-refractivity contribution is 7.91. The number of ether oxygens (including phenoxy) is 2. The number of hydrogen-bond donors (Lipinski definition) is 0.